The Hall–Kier alpha value is -3.80. The first-order chi connectivity index (χ1) is 53.0. The summed E-state index contributed by atoms with van der Waals surface area (Å²) < 4.78 is 101. The van der Waals surface area contributed by atoms with Gasteiger partial charge in [0.05, 0.1) is 59.5 Å². The van der Waals surface area contributed by atoms with E-state index >= 15 is 0 Å². The van der Waals surface area contributed by atoms with E-state index in [9.17, 15) is 147 Å². The molecule has 9 heterocycles. The lowest BCUT2D eigenvalue weighted by atomic mass is 9.93. The van der Waals surface area contributed by atoms with Gasteiger partial charge in [-0.05, 0) is 0 Å². The van der Waals surface area contributed by atoms with Crippen LogP contribution in [0, 0.1) is 0 Å². The van der Waals surface area contributed by atoms with Crippen LogP contribution in [0.2, 0.25) is 0 Å². The summed E-state index contributed by atoms with van der Waals surface area (Å²) in [7, 11) is 0. The molecule has 0 aromatic carbocycles. The zero-order valence-electron chi connectivity index (χ0n) is 60.1. The average Bonchev–Trinajstić information content (AvgIpc) is 0.966. The average molecular weight is 1640 g/mol. The summed E-state index contributed by atoms with van der Waals surface area (Å²) in [5.41, 5.74) is 0. The highest BCUT2D eigenvalue weighted by atomic mass is 16.8. The molecule has 45 atom stereocenters. The van der Waals surface area contributed by atoms with Gasteiger partial charge in [0.25, 0.3) is 0 Å². The maximum absolute atomic E-state index is 13.0. The molecule has 0 saturated carbocycles. The Morgan fingerprint density at radius 2 is 0.482 bits per heavy atom. The SMILES string of the molecule is CC(=O)N[C@@H]1[C@@H](O)[C@H](O[C@@H]2O[C@H](CO)[C@@H](O[C@@H]3O[C@H](CO[C@H]4O[C@H](CO)[C@@H](O)[C@H](O)[C@@H]4O[C@@H]4O[C@H](CO)[C@@H](O[C@@H]5O[C@H](CO)[C@@H](O)[C@H](O)[C@H]5O)[C@H](O)[C@H]4NC(C)=O)[C@@H](O)[C@H](O[C@H]4O[C@H](CO)[C@@H](O)[C@H](O)[C@@H]4O[C@@H]4O[C@H](CO)[C@@H](O[C@@H]5O[C@H](CO)[C@@H](O)[C@H](O)[C@H]5O)[C@H](O)[C@H]4NC(C)=O)[C@@H]3O)[C@H](O)[C@H]2NC(C)=O)[C@@H](CO)O[C@H]1O. The fraction of sp³-hybridized carbons (Fsp3) is 0.935. The number of rotatable bonds is 29. The lowest BCUT2D eigenvalue weighted by Crippen LogP contribution is -2.71. The number of carbonyl (C=O) groups is 4. The van der Waals surface area contributed by atoms with Crippen molar-refractivity contribution in [2.75, 3.05) is 59.5 Å². The van der Waals surface area contributed by atoms with Crippen molar-refractivity contribution in [3.8, 4) is 0 Å². The molecule has 9 saturated heterocycles. The number of aliphatic hydroxyl groups is 25. The lowest BCUT2D eigenvalue weighted by Gasteiger charge is -2.51. The summed E-state index contributed by atoms with van der Waals surface area (Å²) in [6.07, 6.45) is -85.1. The zero-order chi connectivity index (χ0) is 82.5. The molecule has 0 spiro atoms. The third kappa shape index (κ3) is 20.2. The molecule has 0 aromatic rings. The fourth-order valence-electron chi connectivity index (χ4n) is 14.5. The standard InChI is InChI=1S/C62H104N4O46/c1-14(75)63-27-36(84)47(22(9-71)97-54(27)95)106-55-28(64-15(2)76)37(85)50(25(12-74)102-55)109-60-46(94)51(110-62-53(43(91)34(82)21(8-70)101-62)112-57-30(66-17(4)78)39(87)49(24(11-73)104-57)108-59-45(93)41(89)32(80)19(6-68)99-59)35(83)26(105-60)13-96-61-52(42(90)33(81)20(7-69)100-61)111-56-29(65-16(3)77)38(86)48(23(10-72)103-56)107-58-44(92)40(88)31(79)18(5-67)98-58/h18-62,67-74,79-95H,5-13H2,1-4H3,(H,63,75)(H,64,76)(H,65,77)(H,66,78)/t18-,19-,20-,21-,22-,23-,24-,25-,26-,27-,28-,29-,30-,31-,32-,33-,34-,35-,36-,37-,38-,39-,40+,41+,42+,43+,44-,45-,46+,47-,48-,49-,50-,51+,52+,53+,54-,55+,56+,57+,58+,59+,60+,61+,62-/m1/s1. The van der Waals surface area contributed by atoms with Crippen LogP contribution >= 0.6 is 0 Å². The second kappa shape index (κ2) is 40.3. The summed E-state index contributed by atoms with van der Waals surface area (Å²) >= 11 is 0. The van der Waals surface area contributed by atoms with E-state index in [1.165, 1.54) is 0 Å². The summed E-state index contributed by atoms with van der Waals surface area (Å²) in [6.45, 7) is -6.01. The first kappa shape index (κ1) is 92.1. The van der Waals surface area contributed by atoms with Crippen LogP contribution in [-0.4, -0.2) is 487 Å². The molecule has 648 valence electrons. The first-order valence-electron chi connectivity index (χ1n) is 35.6. The number of hydrogen-bond acceptors (Lipinski definition) is 46. The largest absolute Gasteiger partial charge is 0.394 e. The maximum Gasteiger partial charge on any atom is 0.217 e. The van der Waals surface area contributed by atoms with Crippen LogP contribution in [0.3, 0.4) is 0 Å². The molecule has 0 radical (unpaired) electrons. The fourth-order valence-corrected chi connectivity index (χ4v) is 14.5. The Labute approximate surface area is 634 Å². The number of ether oxygens (including phenoxy) is 17. The van der Waals surface area contributed by atoms with Gasteiger partial charge in [0.15, 0.2) is 56.6 Å². The molecule has 0 aromatic heterocycles. The first-order valence-corrected chi connectivity index (χ1v) is 35.6. The molecule has 0 unspecified atom stereocenters. The Morgan fingerprint density at radius 1 is 0.232 bits per heavy atom. The summed E-state index contributed by atoms with van der Waals surface area (Å²) in [6, 6.07) is -7.42. The molecule has 0 bridgehead atoms. The molecule has 112 heavy (non-hydrogen) atoms. The highest BCUT2D eigenvalue weighted by Gasteiger charge is 2.61. The van der Waals surface area contributed by atoms with Crippen molar-refractivity contribution in [1.29, 1.82) is 0 Å². The molecular formula is C62H104N4O46. The minimum absolute atomic E-state index is 0.788. The van der Waals surface area contributed by atoms with E-state index in [1.54, 1.807) is 0 Å². The minimum Gasteiger partial charge on any atom is -0.394 e. The molecule has 9 aliphatic rings. The number of hydrogen-bond donors (Lipinski definition) is 29. The van der Waals surface area contributed by atoms with E-state index in [0.717, 1.165) is 27.7 Å². The van der Waals surface area contributed by atoms with Gasteiger partial charge in [0, 0.05) is 27.7 Å². The molecular weight excluding hydrogens is 1540 g/mol. The molecule has 9 rings (SSSR count). The summed E-state index contributed by atoms with van der Waals surface area (Å²) in [5.74, 6) is -3.62. The zero-order valence-corrected chi connectivity index (χ0v) is 60.1. The van der Waals surface area contributed by atoms with Crippen LogP contribution in [0.1, 0.15) is 27.7 Å². The van der Waals surface area contributed by atoms with Crippen molar-refractivity contribution in [2.45, 2.75) is 304 Å². The van der Waals surface area contributed by atoms with Gasteiger partial charge in [0.2, 0.25) is 23.6 Å². The highest BCUT2D eigenvalue weighted by Crippen LogP contribution is 2.40. The quantitative estimate of drug-likeness (QED) is 0.0331. The van der Waals surface area contributed by atoms with Crippen molar-refractivity contribution < 1.29 is 227 Å². The number of aliphatic hydroxyl groups excluding tert-OH is 25. The maximum atomic E-state index is 13.0. The van der Waals surface area contributed by atoms with E-state index in [0.29, 0.717) is 0 Å². The Balaban J connectivity index is 1.05. The number of carbonyl (C=O) groups excluding carboxylic acids is 4. The molecule has 29 N–H and O–H groups in total. The van der Waals surface area contributed by atoms with Gasteiger partial charge in [0.1, 0.15) is 219 Å². The Morgan fingerprint density at radius 3 is 0.830 bits per heavy atom. The Bertz CT molecular complexity index is 2970. The van der Waals surface area contributed by atoms with Crippen LogP contribution in [0.25, 0.3) is 0 Å². The Kier molecular flexibility index (Phi) is 33.1. The van der Waals surface area contributed by atoms with Gasteiger partial charge in [-0.3, -0.25) is 19.2 Å². The third-order valence-electron chi connectivity index (χ3n) is 20.4. The van der Waals surface area contributed by atoms with Gasteiger partial charge in [-0.2, -0.15) is 0 Å². The van der Waals surface area contributed by atoms with E-state index in [-0.39, 0.29) is 0 Å². The van der Waals surface area contributed by atoms with Gasteiger partial charge in [-0.1, -0.05) is 0 Å². The molecule has 50 nitrogen and oxygen atoms in total. The monoisotopic (exact) mass is 1640 g/mol. The predicted molar refractivity (Wildman–Crippen MR) is 343 cm³/mol. The third-order valence-corrected chi connectivity index (χ3v) is 20.4. The molecule has 9 aliphatic heterocycles. The van der Waals surface area contributed by atoms with Crippen LogP contribution in [-0.2, 0) is 99.7 Å². The summed E-state index contributed by atoms with van der Waals surface area (Å²) in [4.78, 5) is 50.9. The van der Waals surface area contributed by atoms with E-state index in [4.69, 9.17) is 80.5 Å². The molecule has 9 fully saturated rings. The second-order valence-electron chi connectivity index (χ2n) is 28.2. The predicted octanol–water partition coefficient (Wildman–Crippen LogP) is -20.1. The van der Waals surface area contributed by atoms with Crippen molar-refractivity contribution in [3.05, 3.63) is 0 Å². The van der Waals surface area contributed by atoms with E-state index < -0.39 is 359 Å². The molecule has 0 aliphatic carbocycles. The van der Waals surface area contributed by atoms with Crippen LogP contribution < -0.4 is 21.3 Å². The van der Waals surface area contributed by atoms with Crippen molar-refractivity contribution >= 4 is 23.6 Å². The van der Waals surface area contributed by atoms with Crippen LogP contribution in [0.15, 0.2) is 0 Å². The van der Waals surface area contributed by atoms with Gasteiger partial charge >= 0.3 is 0 Å². The number of amides is 4. The smallest absolute Gasteiger partial charge is 0.217 e. The minimum atomic E-state index is -2.57. The van der Waals surface area contributed by atoms with Crippen LogP contribution in [0.5, 0.6) is 0 Å². The van der Waals surface area contributed by atoms with E-state index in [1.807, 2.05) is 0 Å². The van der Waals surface area contributed by atoms with Crippen LogP contribution in [0.4, 0.5) is 0 Å². The topological polar surface area (TPSA) is 779 Å². The van der Waals surface area contributed by atoms with E-state index in [2.05, 4.69) is 21.3 Å². The van der Waals surface area contributed by atoms with Crippen molar-refractivity contribution in [3.63, 3.8) is 0 Å². The number of nitrogens with one attached hydrogen (secondary N) is 4. The van der Waals surface area contributed by atoms with Crippen molar-refractivity contribution in [2.24, 2.45) is 0 Å². The lowest BCUT2D eigenvalue weighted by molar-refractivity contribution is -0.399. The van der Waals surface area contributed by atoms with Crippen molar-refractivity contribution in [1.82, 2.24) is 21.3 Å². The second-order valence-corrected chi connectivity index (χ2v) is 28.2. The molecule has 50 heteroatoms. The van der Waals surface area contributed by atoms with Gasteiger partial charge in [-0.15, -0.1) is 0 Å². The molecule has 4 amide bonds. The van der Waals surface area contributed by atoms with Gasteiger partial charge in [-0.25, -0.2) is 0 Å². The summed E-state index contributed by atoms with van der Waals surface area (Å²) in [5, 5.41) is 286. The normalized spacial score (nSPS) is 48.9. The van der Waals surface area contributed by atoms with Gasteiger partial charge < -0.3 is 229 Å². The highest BCUT2D eigenvalue weighted by molar-refractivity contribution is 5.74.